The Kier molecular flexibility index (Phi) is 12.7. The van der Waals surface area contributed by atoms with E-state index in [0.29, 0.717) is 6.54 Å². The maximum Gasteiger partial charge on any atom is 0.253 e. The summed E-state index contributed by atoms with van der Waals surface area (Å²) < 4.78 is 5.80. The van der Waals surface area contributed by atoms with Gasteiger partial charge in [0.05, 0.1) is 6.10 Å². The Morgan fingerprint density at radius 3 is 2.38 bits per heavy atom. The second kappa shape index (κ2) is 13.2. The summed E-state index contributed by atoms with van der Waals surface area (Å²) in [6.45, 7) is 6.11. The molecule has 0 spiro atoms. The van der Waals surface area contributed by atoms with Crippen molar-refractivity contribution in [2.75, 3.05) is 44.7 Å². The summed E-state index contributed by atoms with van der Waals surface area (Å²) >= 11 is 0. The van der Waals surface area contributed by atoms with Crippen LogP contribution in [0.15, 0.2) is 24.3 Å². The fourth-order valence-corrected chi connectivity index (χ4v) is 3.06. The smallest absolute Gasteiger partial charge is 0.253 e. The molecule has 7 heteroatoms. The zero-order valence-corrected chi connectivity index (χ0v) is 17.5. The lowest BCUT2D eigenvalue weighted by Gasteiger charge is -2.32. The van der Waals surface area contributed by atoms with Gasteiger partial charge in [-0.05, 0) is 56.5 Å². The Labute approximate surface area is 170 Å². The lowest BCUT2D eigenvalue weighted by Crippen LogP contribution is -2.41. The van der Waals surface area contributed by atoms with Crippen molar-refractivity contribution in [2.45, 2.75) is 38.7 Å². The summed E-state index contributed by atoms with van der Waals surface area (Å²) in [5.74, 6) is 0.125. The number of piperidine rings is 1. The third kappa shape index (κ3) is 7.31. The lowest BCUT2D eigenvalue weighted by atomic mass is 10.1. The molecule has 1 amide bonds. The number of carbonyl (C=O) groups excluding carboxylic acids is 1. The van der Waals surface area contributed by atoms with Crippen molar-refractivity contribution in [3.05, 3.63) is 29.8 Å². The summed E-state index contributed by atoms with van der Waals surface area (Å²) in [6.07, 6.45) is 4.10. The van der Waals surface area contributed by atoms with E-state index in [0.717, 1.165) is 63.2 Å². The molecule has 1 aromatic carbocycles. The number of benzene rings is 1. The Morgan fingerprint density at radius 1 is 1.23 bits per heavy atom. The van der Waals surface area contributed by atoms with E-state index in [1.54, 1.807) is 0 Å². The van der Waals surface area contributed by atoms with Crippen LogP contribution in [0.2, 0.25) is 0 Å². The van der Waals surface area contributed by atoms with Crippen LogP contribution in [0.3, 0.4) is 0 Å². The number of nitrogens with two attached hydrogens (primary N) is 1. The molecule has 5 nitrogen and oxygen atoms in total. The van der Waals surface area contributed by atoms with E-state index in [2.05, 4.69) is 18.9 Å². The molecule has 1 saturated heterocycles. The van der Waals surface area contributed by atoms with Gasteiger partial charge in [-0.1, -0.05) is 6.92 Å². The number of carbonyl (C=O) groups is 1. The standard InChI is InChI=1S/C19H31N3O2.2ClH/c1-3-12-21(2)17-7-5-16(6-8-17)19(23)22-13-9-18(10-14-22)24-15-4-11-20;;/h5-8,18H,3-4,9-15,20H2,1-2H3;2*1H. The highest BCUT2D eigenvalue weighted by molar-refractivity contribution is 5.94. The molecule has 0 radical (unpaired) electrons. The predicted octanol–water partition coefficient (Wildman–Crippen LogP) is 3.35. The first kappa shape index (κ1) is 25.0. The van der Waals surface area contributed by atoms with Gasteiger partial charge in [0.25, 0.3) is 5.91 Å². The van der Waals surface area contributed by atoms with Crippen molar-refractivity contribution in [1.82, 2.24) is 4.90 Å². The molecule has 26 heavy (non-hydrogen) atoms. The van der Waals surface area contributed by atoms with Gasteiger partial charge in [-0.2, -0.15) is 0 Å². The van der Waals surface area contributed by atoms with Gasteiger partial charge in [0, 0.05) is 44.5 Å². The third-order valence-corrected chi connectivity index (χ3v) is 4.55. The maximum absolute atomic E-state index is 12.6. The second-order valence-corrected chi connectivity index (χ2v) is 6.47. The van der Waals surface area contributed by atoms with Crippen LogP contribution in [0.5, 0.6) is 0 Å². The summed E-state index contributed by atoms with van der Waals surface area (Å²) in [7, 11) is 2.08. The number of likely N-dealkylation sites (tertiary alicyclic amines) is 1. The molecular formula is C19H33Cl2N3O2. The minimum absolute atomic E-state index is 0. The Morgan fingerprint density at radius 2 is 1.85 bits per heavy atom. The third-order valence-electron chi connectivity index (χ3n) is 4.55. The average Bonchev–Trinajstić information content (AvgIpc) is 2.62. The predicted molar refractivity (Wildman–Crippen MR) is 113 cm³/mol. The Bertz CT molecular complexity index is 506. The summed E-state index contributed by atoms with van der Waals surface area (Å²) in [4.78, 5) is 16.8. The summed E-state index contributed by atoms with van der Waals surface area (Å²) in [5, 5.41) is 0. The van der Waals surface area contributed by atoms with Crippen molar-refractivity contribution in [1.29, 1.82) is 0 Å². The van der Waals surface area contributed by atoms with E-state index in [1.165, 1.54) is 0 Å². The van der Waals surface area contributed by atoms with Gasteiger partial charge >= 0.3 is 0 Å². The highest BCUT2D eigenvalue weighted by Gasteiger charge is 2.23. The van der Waals surface area contributed by atoms with Crippen LogP contribution in [0.4, 0.5) is 5.69 Å². The molecule has 1 fully saturated rings. The highest BCUT2D eigenvalue weighted by Crippen LogP contribution is 2.19. The van der Waals surface area contributed by atoms with Gasteiger partial charge in [-0.25, -0.2) is 0 Å². The van der Waals surface area contributed by atoms with Crippen LogP contribution in [-0.4, -0.2) is 56.7 Å². The highest BCUT2D eigenvalue weighted by atomic mass is 35.5. The molecule has 2 rings (SSSR count). The van der Waals surface area contributed by atoms with Crippen LogP contribution in [0, 0.1) is 0 Å². The fourth-order valence-electron chi connectivity index (χ4n) is 3.06. The van der Waals surface area contributed by atoms with Crippen LogP contribution in [-0.2, 0) is 4.74 Å². The number of ether oxygens (including phenoxy) is 1. The number of rotatable bonds is 8. The van der Waals surface area contributed by atoms with Crippen molar-refractivity contribution >= 4 is 36.4 Å². The molecule has 0 bridgehead atoms. The number of hydrogen-bond donors (Lipinski definition) is 1. The largest absolute Gasteiger partial charge is 0.378 e. The number of halogens is 2. The maximum atomic E-state index is 12.6. The molecule has 2 N–H and O–H groups in total. The summed E-state index contributed by atoms with van der Waals surface area (Å²) in [5.41, 5.74) is 7.40. The van der Waals surface area contributed by atoms with Crippen molar-refractivity contribution in [3.8, 4) is 0 Å². The second-order valence-electron chi connectivity index (χ2n) is 6.47. The van der Waals surface area contributed by atoms with Gasteiger partial charge in [-0.3, -0.25) is 4.79 Å². The molecule has 0 atom stereocenters. The van der Waals surface area contributed by atoms with Gasteiger partial charge in [0.1, 0.15) is 0 Å². The Balaban J connectivity index is 0.00000312. The van der Waals surface area contributed by atoms with Crippen molar-refractivity contribution in [3.63, 3.8) is 0 Å². The zero-order chi connectivity index (χ0) is 17.4. The van der Waals surface area contributed by atoms with Crippen LogP contribution >= 0.6 is 24.8 Å². The van der Waals surface area contributed by atoms with E-state index in [4.69, 9.17) is 10.5 Å². The normalized spacial score (nSPS) is 14.3. The molecule has 0 aliphatic carbocycles. The van der Waals surface area contributed by atoms with E-state index in [-0.39, 0.29) is 36.8 Å². The van der Waals surface area contributed by atoms with Crippen molar-refractivity contribution in [2.24, 2.45) is 5.73 Å². The number of hydrogen-bond acceptors (Lipinski definition) is 4. The molecule has 1 heterocycles. The monoisotopic (exact) mass is 405 g/mol. The van der Waals surface area contributed by atoms with Gasteiger partial charge < -0.3 is 20.3 Å². The van der Waals surface area contributed by atoms with Gasteiger partial charge in [-0.15, -0.1) is 24.8 Å². The Hall–Kier alpha value is -1.01. The molecule has 0 unspecified atom stereocenters. The number of nitrogens with zero attached hydrogens (tertiary/aromatic N) is 2. The number of anilines is 1. The number of amides is 1. The first-order valence-corrected chi connectivity index (χ1v) is 9.07. The SMILES string of the molecule is CCCN(C)c1ccc(C(=O)N2CCC(OCCCN)CC2)cc1.Cl.Cl. The van der Waals surface area contributed by atoms with Crippen LogP contribution in [0.1, 0.15) is 43.0 Å². The molecule has 1 aliphatic rings. The van der Waals surface area contributed by atoms with Crippen molar-refractivity contribution < 1.29 is 9.53 Å². The fraction of sp³-hybridized carbons (Fsp3) is 0.632. The zero-order valence-electron chi connectivity index (χ0n) is 15.9. The van der Waals surface area contributed by atoms with E-state index in [9.17, 15) is 4.79 Å². The van der Waals surface area contributed by atoms with E-state index in [1.807, 2.05) is 29.2 Å². The molecular weight excluding hydrogens is 373 g/mol. The molecule has 150 valence electrons. The molecule has 0 aromatic heterocycles. The lowest BCUT2D eigenvalue weighted by molar-refractivity contribution is 0.00845. The molecule has 1 aromatic rings. The average molecular weight is 406 g/mol. The minimum atomic E-state index is 0. The van der Waals surface area contributed by atoms with Crippen LogP contribution < -0.4 is 10.6 Å². The summed E-state index contributed by atoms with van der Waals surface area (Å²) in [6, 6.07) is 7.94. The van der Waals surface area contributed by atoms with Crippen LogP contribution in [0.25, 0.3) is 0 Å². The first-order valence-electron chi connectivity index (χ1n) is 9.07. The van der Waals surface area contributed by atoms with E-state index >= 15 is 0 Å². The van der Waals surface area contributed by atoms with E-state index < -0.39 is 0 Å². The topological polar surface area (TPSA) is 58.8 Å². The molecule has 1 aliphatic heterocycles. The molecule has 0 saturated carbocycles. The van der Waals surface area contributed by atoms with Gasteiger partial charge in [0.15, 0.2) is 0 Å². The quantitative estimate of drug-likeness (QED) is 0.673. The van der Waals surface area contributed by atoms with Gasteiger partial charge in [0.2, 0.25) is 0 Å². The first-order chi connectivity index (χ1) is 11.7. The minimum Gasteiger partial charge on any atom is -0.378 e.